The van der Waals surface area contributed by atoms with E-state index in [9.17, 15) is 39.5 Å². The second-order valence-electron chi connectivity index (χ2n) is 7.78. The van der Waals surface area contributed by atoms with Crippen molar-refractivity contribution >= 4 is 82.3 Å². The summed E-state index contributed by atoms with van der Waals surface area (Å²) in [6, 6.07) is 7.66. The van der Waals surface area contributed by atoms with Crippen LogP contribution in [0.15, 0.2) is 67.4 Å². The van der Waals surface area contributed by atoms with E-state index in [0.717, 1.165) is 12.1 Å². The fourth-order valence-corrected chi connectivity index (χ4v) is 6.23. The summed E-state index contributed by atoms with van der Waals surface area (Å²) in [4.78, 5) is -1.39. The molecule has 0 atom stereocenters. The van der Waals surface area contributed by atoms with Gasteiger partial charge in [-0.25, -0.2) is 18.9 Å². The van der Waals surface area contributed by atoms with E-state index in [-0.39, 0.29) is 45.1 Å². The van der Waals surface area contributed by atoms with Crippen molar-refractivity contribution in [3.63, 3.8) is 0 Å². The molecule has 0 radical (unpaired) electrons. The third-order valence-corrected chi connectivity index (χ3v) is 9.04. The van der Waals surface area contributed by atoms with Crippen LogP contribution in [0.3, 0.4) is 0 Å². The van der Waals surface area contributed by atoms with Gasteiger partial charge in [-0.3, -0.25) is 13.3 Å². The van der Waals surface area contributed by atoms with Crippen molar-refractivity contribution in [1.29, 1.82) is 0 Å². The minimum absolute atomic E-state index is 0.0641. The Morgan fingerprint density at radius 2 is 1.58 bits per heavy atom. The highest BCUT2D eigenvalue weighted by atomic mass is 32.2. The maximum absolute atomic E-state index is 12.6. The van der Waals surface area contributed by atoms with Crippen LogP contribution >= 0.6 is 24.4 Å². The molecule has 0 unspecified atom stereocenters. The van der Waals surface area contributed by atoms with Gasteiger partial charge in [0.25, 0.3) is 20.2 Å². The summed E-state index contributed by atoms with van der Waals surface area (Å²) in [6.07, 6.45) is 0. The average molecular weight is 706 g/mol. The van der Waals surface area contributed by atoms with E-state index >= 15 is 0 Å². The highest BCUT2D eigenvalue weighted by molar-refractivity contribution is 7.94. The topological polar surface area (TPSA) is 286 Å². The lowest BCUT2D eigenvalue weighted by Gasteiger charge is -2.13. The zero-order chi connectivity index (χ0) is 31.8. The van der Waals surface area contributed by atoms with Crippen molar-refractivity contribution in [3.05, 3.63) is 42.5 Å². The molecule has 3 rings (SSSR count). The zero-order valence-corrected chi connectivity index (χ0v) is 24.9. The number of nitrogens with one attached hydrogen (secondary N) is 1. The number of hydrogen-bond acceptors (Lipinski definition) is 19. The molecule has 0 aromatic heterocycles. The minimum atomic E-state index is -5.10. The van der Waals surface area contributed by atoms with Crippen molar-refractivity contribution in [3.8, 4) is 5.75 Å². The standard InChI is InChI=1S/C19H19N3O16S5/c23-17-8-11(39-37-35-24)7-14-13(17)2-4-16(20-10-42(28,29)30)19(14)22-21-15-3-1-12(9-18(15)43(31,32)33)41(26,27)6-5-34-40-38-36-25/h1-4,7-9,20,23-25H,5-6,10H2,(H,28,29,30)(H,31,32,33). The van der Waals surface area contributed by atoms with E-state index in [4.69, 9.17) is 10.5 Å². The van der Waals surface area contributed by atoms with Gasteiger partial charge in [-0.1, -0.05) is 10.1 Å². The molecule has 24 heteroatoms. The van der Waals surface area contributed by atoms with E-state index < -0.39 is 63.8 Å². The van der Waals surface area contributed by atoms with Gasteiger partial charge in [0, 0.05) is 15.7 Å². The van der Waals surface area contributed by atoms with Gasteiger partial charge >= 0.3 is 0 Å². The Balaban J connectivity index is 2.11. The summed E-state index contributed by atoms with van der Waals surface area (Å²) in [5.74, 6) is -2.02. The molecule has 0 saturated carbocycles. The molecule has 236 valence electrons. The second kappa shape index (κ2) is 14.9. The van der Waals surface area contributed by atoms with Gasteiger partial charge in [0.2, 0.25) is 0 Å². The number of sulfone groups is 1. The van der Waals surface area contributed by atoms with Gasteiger partial charge in [-0.05, 0) is 42.5 Å². The first-order valence-electron chi connectivity index (χ1n) is 10.8. The molecule has 0 amide bonds. The van der Waals surface area contributed by atoms with Gasteiger partial charge in [-0.2, -0.15) is 16.8 Å². The third-order valence-electron chi connectivity index (χ3n) is 5.03. The first-order valence-corrected chi connectivity index (χ1v) is 16.9. The quantitative estimate of drug-likeness (QED) is 0.0309. The predicted molar refractivity (Wildman–Crippen MR) is 147 cm³/mol. The molecule has 0 aliphatic carbocycles. The monoisotopic (exact) mass is 705 g/mol. The van der Waals surface area contributed by atoms with Crippen molar-refractivity contribution in [2.75, 3.05) is 23.6 Å². The number of rotatable bonds is 16. The van der Waals surface area contributed by atoms with Crippen LogP contribution in [-0.2, 0) is 53.0 Å². The fourth-order valence-electron chi connectivity index (χ4n) is 3.30. The van der Waals surface area contributed by atoms with Crippen molar-refractivity contribution in [2.24, 2.45) is 10.2 Å². The highest BCUT2D eigenvalue weighted by Gasteiger charge is 2.23. The molecule has 0 saturated heterocycles. The Labute approximate surface area is 251 Å². The summed E-state index contributed by atoms with van der Waals surface area (Å²) in [5.41, 5.74) is -0.854. The normalized spacial score (nSPS) is 12.7. The molecule has 3 aromatic carbocycles. The first-order chi connectivity index (χ1) is 20.2. The van der Waals surface area contributed by atoms with Crippen LogP contribution in [0.5, 0.6) is 5.75 Å². The van der Waals surface area contributed by atoms with Crippen LogP contribution in [0.25, 0.3) is 10.8 Å². The summed E-state index contributed by atoms with van der Waals surface area (Å²) >= 11 is 0.572. The molecule has 0 fully saturated rings. The number of phenolic OH excluding ortho intramolecular Hbond substituents is 1. The lowest BCUT2D eigenvalue weighted by Crippen LogP contribution is -2.13. The molecule has 43 heavy (non-hydrogen) atoms. The number of fused-ring (bicyclic) bond motifs is 1. The number of azo groups is 1. The molecule has 19 nitrogen and oxygen atoms in total. The van der Waals surface area contributed by atoms with Gasteiger partial charge < -0.3 is 10.4 Å². The number of phenols is 1. The van der Waals surface area contributed by atoms with Crippen LogP contribution in [0.4, 0.5) is 17.1 Å². The van der Waals surface area contributed by atoms with E-state index in [2.05, 4.69) is 38.5 Å². The number of hydrogen-bond donors (Lipinski definition) is 6. The molecular formula is C19H19N3O16S5. The van der Waals surface area contributed by atoms with Gasteiger partial charge in [0.1, 0.15) is 27.9 Å². The predicted octanol–water partition coefficient (Wildman–Crippen LogP) is 3.67. The maximum atomic E-state index is 12.6. The van der Waals surface area contributed by atoms with Crippen LogP contribution in [0, 0.1) is 0 Å². The van der Waals surface area contributed by atoms with Crippen LogP contribution < -0.4 is 5.32 Å². The number of aromatic hydroxyl groups is 1. The molecule has 0 aliphatic rings. The third kappa shape index (κ3) is 9.91. The minimum Gasteiger partial charge on any atom is -0.507 e. The Morgan fingerprint density at radius 1 is 0.860 bits per heavy atom. The number of benzene rings is 3. The molecule has 0 aliphatic heterocycles. The van der Waals surface area contributed by atoms with Crippen molar-refractivity contribution in [2.45, 2.75) is 14.7 Å². The molecule has 0 heterocycles. The van der Waals surface area contributed by atoms with Crippen LogP contribution in [0.2, 0.25) is 0 Å². The SMILES string of the molecule is O=S(=O)(O)CNc1ccc2c(O)cc(SOOO)cc2c1N=Nc1ccc(S(=O)(=O)CCOSOOO)cc1S(=O)(=O)O. The molecule has 0 spiro atoms. The van der Waals surface area contributed by atoms with Crippen molar-refractivity contribution in [1.82, 2.24) is 0 Å². The summed E-state index contributed by atoms with van der Waals surface area (Å²) < 4.78 is 104. The Kier molecular flexibility index (Phi) is 12.0. The first kappa shape index (κ1) is 34.8. The van der Waals surface area contributed by atoms with Gasteiger partial charge in [0.05, 0.1) is 35.0 Å². The zero-order valence-electron chi connectivity index (χ0n) is 20.8. The van der Waals surface area contributed by atoms with Gasteiger partial charge in [-0.15, -0.1) is 18.9 Å². The molecule has 3 aromatic rings. The number of anilines is 1. The lowest BCUT2D eigenvalue weighted by molar-refractivity contribution is -0.434. The van der Waals surface area contributed by atoms with Crippen LogP contribution in [0.1, 0.15) is 0 Å². The molecular weight excluding hydrogens is 687 g/mol. The summed E-state index contributed by atoms with van der Waals surface area (Å²) in [7, 11) is -13.8. The molecule has 0 bridgehead atoms. The maximum Gasteiger partial charge on any atom is 0.296 e. The fraction of sp³-hybridized carbons (Fsp3) is 0.158. The van der Waals surface area contributed by atoms with Gasteiger partial charge in [0.15, 0.2) is 22.2 Å². The van der Waals surface area contributed by atoms with E-state index in [1.807, 2.05) is 0 Å². The average Bonchev–Trinajstić information content (AvgIpc) is 2.92. The smallest absolute Gasteiger partial charge is 0.296 e. The highest BCUT2D eigenvalue weighted by Crippen LogP contribution is 2.42. The molecule has 6 N–H and O–H groups in total. The summed E-state index contributed by atoms with van der Waals surface area (Å²) in [6.45, 7) is -0.484. The largest absolute Gasteiger partial charge is 0.507 e. The van der Waals surface area contributed by atoms with Crippen molar-refractivity contribution < 1.29 is 72.9 Å². The van der Waals surface area contributed by atoms with E-state index in [1.165, 1.54) is 24.3 Å². The van der Waals surface area contributed by atoms with E-state index in [0.29, 0.717) is 18.1 Å². The Morgan fingerprint density at radius 3 is 2.23 bits per heavy atom. The Bertz CT molecular complexity index is 1820. The Hall–Kier alpha value is -2.69. The summed E-state index contributed by atoms with van der Waals surface area (Å²) in [5, 5.41) is 44.1. The van der Waals surface area contributed by atoms with Crippen LogP contribution in [-0.4, -0.2) is 68.2 Å². The number of nitrogens with zero attached hydrogens (tertiary/aromatic N) is 2. The second-order valence-corrected chi connectivity index (χ2v) is 14.0. The van der Waals surface area contributed by atoms with E-state index in [1.54, 1.807) is 0 Å². The lowest BCUT2D eigenvalue weighted by atomic mass is 10.1.